The summed E-state index contributed by atoms with van der Waals surface area (Å²) < 4.78 is 20.0. The summed E-state index contributed by atoms with van der Waals surface area (Å²) >= 11 is -1.88. The normalized spacial score (nSPS) is 17.3. The molecule has 1 aliphatic rings. The second-order valence-electron chi connectivity index (χ2n) is 3.07. The molecule has 1 heterocycles. The minimum atomic E-state index is -1.88. The summed E-state index contributed by atoms with van der Waals surface area (Å²) in [6.45, 7) is 0.890. The monoisotopic (exact) mass is 197 g/mol. The van der Waals surface area contributed by atoms with Gasteiger partial charge in [-0.05, 0) is 24.5 Å². The first-order valence-electron chi connectivity index (χ1n) is 4.25. The molecule has 1 aromatic carbocycles. The number of benzene rings is 1. The van der Waals surface area contributed by atoms with Gasteiger partial charge in [0.15, 0.2) is 11.1 Å². The molecule has 1 atom stereocenters. The highest BCUT2D eigenvalue weighted by molar-refractivity contribution is 7.79. The molecule has 0 fully saturated rings. The van der Waals surface area contributed by atoms with E-state index < -0.39 is 11.1 Å². The number of aryl methyl sites for hydroxylation is 1. The Morgan fingerprint density at radius 3 is 3.08 bits per heavy atom. The van der Waals surface area contributed by atoms with E-state index in [1.165, 1.54) is 0 Å². The highest BCUT2D eigenvalue weighted by Gasteiger charge is 2.14. The molecule has 0 amide bonds. The zero-order valence-corrected chi connectivity index (χ0v) is 7.93. The second kappa shape index (κ2) is 3.47. The first kappa shape index (κ1) is 8.72. The molecule has 0 saturated heterocycles. The van der Waals surface area contributed by atoms with Crippen LogP contribution in [0.15, 0.2) is 23.1 Å². The average molecular weight is 197 g/mol. The lowest BCUT2D eigenvalue weighted by Gasteiger charge is -2.19. The standard InChI is InChI=1S/C9H11NO2S/c11-13(12)8-5-1-3-7-4-2-6-10-9(7)8/h1,3,5,10H,2,4,6H2,(H,11,12). The third-order valence-electron chi connectivity index (χ3n) is 2.23. The average Bonchev–Trinajstić information content (AvgIpc) is 2.17. The zero-order valence-electron chi connectivity index (χ0n) is 7.12. The largest absolute Gasteiger partial charge is 0.384 e. The van der Waals surface area contributed by atoms with Crippen LogP contribution in [0.5, 0.6) is 0 Å². The summed E-state index contributed by atoms with van der Waals surface area (Å²) in [7, 11) is 0. The number of rotatable bonds is 1. The first-order chi connectivity index (χ1) is 6.29. The molecule has 4 heteroatoms. The van der Waals surface area contributed by atoms with Gasteiger partial charge in [0, 0.05) is 6.54 Å². The van der Waals surface area contributed by atoms with Crippen molar-refractivity contribution in [2.75, 3.05) is 11.9 Å². The molecule has 0 radical (unpaired) electrons. The van der Waals surface area contributed by atoms with Crippen LogP contribution in [0, 0.1) is 0 Å². The van der Waals surface area contributed by atoms with Crippen LogP contribution in [0.3, 0.4) is 0 Å². The third kappa shape index (κ3) is 1.59. The predicted octanol–water partition coefficient (Wildman–Crippen LogP) is 1.63. The lowest BCUT2D eigenvalue weighted by atomic mass is 10.0. The maximum absolute atomic E-state index is 10.9. The van der Waals surface area contributed by atoms with Gasteiger partial charge in [0.2, 0.25) is 0 Å². The molecule has 2 N–H and O–H groups in total. The van der Waals surface area contributed by atoms with Crippen molar-refractivity contribution in [3.05, 3.63) is 23.8 Å². The van der Waals surface area contributed by atoms with Gasteiger partial charge in [0.05, 0.1) is 10.6 Å². The van der Waals surface area contributed by atoms with Crippen LogP contribution in [0.25, 0.3) is 0 Å². The van der Waals surface area contributed by atoms with Crippen LogP contribution < -0.4 is 5.32 Å². The van der Waals surface area contributed by atoms with Crippen molar-refractivity contribution in [1.29, 1.82) is 0 Å². The Bertz CT molecular complexity index is 351. The van der Waals surface area contributed by atoms with Gasteiger partial charge in [0.25, 0.3) is 0 Å². The Kier molecular flexibility index (Phi) is 2.33. The molecular weight excluding hydrogens is 186 g/mol. The molecule has 1 aromatic rings. The molecule has 3 nitrogen and oxygen atoms in total. The van der Waals surface area contributed by atoms with E-state index in [1.807, 2.05) is 12.1 Å². The van der Waals surface area contributed by atoms with E-state index in [1.54, 1.807) is 6.07 Å². The number of hydrogen-bond acceptors (Lipinski definition) is 2. The van der Waals surface area contributed by atoms with Crippen LogP contribution in [-0.4, -0.2) is 15.3 Å². The van der Waals surface area contributed by atoms with E-state index in [0.29, 0.717) is 4.90 Å². The molecule has 0 aromatic heterocycles. The third-order valence-corrected chi connectivity index (χ3v) is 2.94. The Labute approximate surface area is 79.4 Å². The summed E-state index contributed by atoms with van der Waals surface area (Å²) in [5.41, 5.74) is 2.00. The quantitative estimate of drug-likeness (QED) is 0.673. The van der Waals surface area contributed by atoms with Gasteiger partial charge in [-0.25, -0.2) is 4.21 Å². The predicted molar refractivity (Wildman–Crippen MR) is 52.3 cm³/mol. The fourth-order valence-corrected chi connectivity index (χ4v) is 2.20. The smallest absolute Gasteiger partial charge is 0.188 e. The molecule has 1 unspecified atom stereocenters. The topological polar surface area (TPSA) is 49.3 Å². The zero-order chi connectivity index (χ0) is 9.26. The summed E-state index contributed by atoms with van der Waals surface area (Å²) in [5, 5.41) is 3.16. The fraction of sp³-hybridized carbons (Fsp3) is 0.333. The van der Waals surface area contributed by atoms with Gasteiger partial charge in [-0.3, -0.25) is 0 Å². The van der Waals surface area contributed by atoms with Gasteiger partial charge < -0.3 is 9.87 Å². The van der Waals surface area contributed by atoms with E-state index in [4.69, 9.17) is 4.55 Å². The van der Waals surface area contributed by atoms with Crippen LogP contribution in [0.1, 0.15) is 12.0 Å². The molecule has 1 aliphatic heterocycles. The minimum Gasteiger partial charge on any atom is -0.384 e. The Morgan fingerprint density at radius 1 is 1.46 bits per heavy atom. The van der Waals surface area contributed by atoms with Crippen molar-refractivity contribution in [1.82, 2.24) is 0 Å². The fourth-order valence-electron chi connectivity index (χ4n) is 1.62. The van der Waals surface area contributed by atoms with Crippen molar-refractivity contribution < 1.29 is 8.76 Å². The molecule has 0 aliphatic carbocycles. The summed E-state index contributed by atoms with van der Waals surface area (Å²) in [6, 6.07) is 5.51. The molecule has 0 bridgehead atoms. The maximum Gasteiger partial charge on any atom is 0.188 e. The number of para-hydroxylation sites is 1. The van der Waals surface area contributed by atoms with Crippen molar-refractivity contribution in [2.45, 2.75) is 17.7 Å². The van der Waals surface area contributed by atoms with E-state index in [2.05, 4.69) is 5.32 Å². The molecule has 13 heavy (non-hydrogen) atoms. The Hall–Kier alpha value is -0.870. The first-order valence-corrected chi connectivity index (χ1v) is 5.36. The Morgan fingerprint density at radius 2 is 2.31 bits per heavy atom. The Balaban J connectivity index is 2.52. The molecular formula is C9H11NO2S. The number of hydrogen-bond donors (Lipinski definition) is 2. The highest BCUT2D eigenvalue weighted by atomic mass is 32.2. The summed E-state index contributed by atoms with van der Waals surface area (Å²) in [6.07, 6.45) is 2.09. The van der Waals surface area contributed by atoms with Gasteiger partial charge >= 0.3 is 0 Å². The number of fused-ring (bicyclic) bond motifs is 1. The molecule has 70 valence electrons. The van der Waals surface area contributed by atoms with E-state index in [0.717, 1.165) is 30.6 Å². The van der Waals surface area contributed by atoms with Crippen LogP contribution in [-0.2, 0) is 17.5 Å². The second-order valence-corrected chi connectivity index (χ2v) is 4.01. The number of anilines is 1. The summed E-state index contributed by atoms with van der Waals surface area (Å²) in [5.74, 6) is 0. The van der Waals surface area contributed by atoms with Crippen molar-refractivity contribution in [3.8, 4) is 0 Å². The van der Waals surface area contributed by atoms with Crippen molar-refractivity contribution in [2.24, 2.45) is 0 Å². The molecule has 0 saturated carbocycles. The molecule has 2 rings (SSSR count). The SMILES string of the molecule is O=S(O)c1cccc2c1NCCC2. The van der Waals surface area contributed by atoms with Gasteiger partial charge in [-0.2, -0.15) is 0 Å². The lowest BCUT2D eigenvalue weighted by molar-refractivity contribution is 0.564. The van der Waals surface area contributed by atoms with Crippen molar-refractivity contribution >= 4 is 16.8 Å². The van der Waals surface area contributed by atoms with E-state index in [-0.39, 0.29) is 0 Å². The van der Waals surface area contributed by atoms with Gasteiger partial charge in [-0.1, -0.05) is 12.1 Å². The summed E-state index contributed by atoms with van der Waals surface area (Å²) in [4.78, 5) is 0.497. The minimum absolute atomic E-state index is 0.497. The van der Waals surface area contributed by atoms with Crippen LogP contribution in [0.4, 0.5) is 5.69 Å². The van der Waals surface area contributed by atoms with Gasteiger partial charge in [0.1, 0.15) is 0 Å². The van der Waals surface area contributed by atoms with Crippen LogP contribution >= 0.6 is 0 Å². The number of nitrogens with one attached hydrogen (secondary N) is 1. The van der Waals surface area contributed by atoms with Gasteiger partial charge in [-0.15, -0.1) is 0 Å². The van der Waals surface area contributed by atoms with E-state index >= 15 is 0 Å². The van der Waals surface area contributed by atoms with Crippen LogP contribution in [0.2, 0.25) is 0 Å². The lowest BCUT2D eigenvalue weighted by Crippen LogP contribution is -2.13. The maximum atomic E-state index is 10.9. The van der Waals surface area contributed by atoms with E-state index in [9.17, 15) is 4.21 Å². The molecule has 0 spiro atoms. The van der Waals surface area contributed by atoms with Crippen molar-refractivity contribution in [3.63, 3.8) is 0 Å². The highest BCUT2D eigenvalue weighted by Crippen LogP contribution is 2.27.